The lowest BCUT2D eigenvalue weighted by atomic mass is 10.2. The molecule has 0 saturated carbocycles. The average Bonchev–Trinajstić information content (AvgIpc) is 2.09. The van der Waals surface area contributed by atoms with Crippen LogP contribution in [0.15, 0.2) is 17.0 Å². The lowest BCUT2D eigenvalue weighted by Gasteiger charge is -1.97. The SMILES string of the molecule is N#Cc1cc(S)c(F)c([N+](=O)[O-])c1. The van der Waals surface area contributed by atoms with Crippen molar-refractivity contribution in [1.82, 2.24) is 0 Å². The first-order chi connectivity index (χ1) is 6.06. The second kappa shape index (κ2) is 3.41. The topological polar surface area (TPSA) is 66.9 Å². The molecule has 0 aliphatic rings. The van der Waals surface area contributed by atoms with E-state index in [-0.39, 0.29) is 10.5 Å². The summed E-state index contributed by atoms with van der Waals surface area (Å²) in [6.45, 7) is 0. The number of hydrogen-bond acceptors (Lipinski definition) is 4. The predicted octanol–water partition coefficient (Wildman–Crippen LogP) is 1.89. The number of nitro benzene ring substituents is 1. The highest BCUT2D eigenvalue weighted by Crippen LogP contribution is 2.24. The number of benzene rings is 1. The van der Waals surface area contributed by atoms with Crippen LogP contribution in [0.3, 0.4) is 0 Å². The summed E-state index contributed by atoms with van der Waals surface area (Å²) in [5.74, 6) is -1.02. The Bertz CT molecular complexity index is 414. The third-order valence-corrected chi connectivity index (χ3v) is 1.69. The Balaban J connectivity index is 3.44. The van der Waals surface area contributed by atoms with Crippen LogP contribution in [0.5, 0.6) is 0 Å². The molecule has 0 heterocycles. The van der Waals surface area contributed by atoms with E-state index < -0.39 is 16.4 Å². The van der Waals surface area contributed by atoms with Crippen LogP contribution in [0.2, 0.25) is 0 Å². The smallest absolute Gasteiger partial charge is 0.258 e. The maximum atomic E-state index is 12.9. The summed E-state index contributed by atoms with van der Waals surface area (Å²) < 4.78 is 12.9. The van der Waals surface area contributed by atoms with Gasteiger partial charge in [-0.15, -0.1) is 12.6 Å². The molecular weight excluding hydrogens is 195 g/mol. The largest absolute Gasteiger partial charge is 0.307 e. The first-order valence-corrected chi connectivity index (χ1v) is 3.58. The van der Waals surface area contributed by atoms with Gasteiger partial charge in [0.2, 0.25) is 5.82 Å². The van der Waals surface area contributed by atoms with E-state index in [1.807, 2.05) is 0 Å². The number of nitriles is 1. The Kier molecular flexibility index (Phi) is 2.49. The van der Waals surface area contributed by atoms with E-state index in [0.717, 1.165) is 12.1 Å². The molecule has 0 spiro atoms. The fourth-order valence-corrected chi connectivity index (χ4v) is 1.05. The molecular formula is C7H3FN2O2S. The maximum Gasteiger partial charge on any atom is 0.307 e. The van der Waals surface area contributed by atoms with Gasteiger partial charge in [0.25, 0.3) is 0 Å². The molecule has 0 amide bonds. The van der Waals surface area contributed by atoms with E-state index in [9.17, 15) is 14.5 Å². The second-order valence-corrected chi connectivity index (χ2v) is 2.68. The molecule has 0 radical (unpaired) electrons. The van der Waals surface area contributed by atoms with Crippen LogP contribution < -0.4 is 0 Å². The zero-order valence-corrected chi connectivity index (χ0v) is 7.09. The fraction of sp³-hybridized carbons (Fsp3) is 0. The zero-order chi connectivity index (χ0) is 10.0. The van der Waals surface area contributed by atoms with Crippen LogP contribution in [0.25, 0.3) is 0 Å². The van der Waals surface area contributed by atoms with Crippen LogP contribution in [-0.2, 0) is 0 Å². The van der Waals surface area contributed by atoms with Crippen LogP contribution in [0.4, 0.5) is 10.1 Å². The summed E-state index contributed by atoms with van der Waals surface area (Å²) in [4.78, 5) is 9.17. The number of thiol groups is 1. The summed E-state index contributed by atoms with van der Waals surface area (Å²) in [5, 5.41) is 18.7. The van der Waals surface area contributed by atoms with Gasteiger partial charge in [0.05, 0.1) is 16.6 Å². The molecule has 0 aliphatic heterocycles. The number of rotatable bonds is 1. The second-order valence-electron chi connectivity index (χ2n) is 2.20. The van der Waals surface area contributed by atoms with Crippen molar-refractivity contribution in [3.8, 4) is 6.07 Å². The summed E-state index contributed by atoms with van der Waals surface area (Å²) in [5.41, 5.74) is -0.720. The van der Waals surface area contributed by atoms with E-state index in [1.54, 1.807) is 6.07 Å². The molecule has 0 fully saturated rings. The molecule has 0 aromatic heterocycles. The normalized spacial score (nSPS) is 9.31. The fourth-order valence-electron chi connectivity index (χ4n) is 0.792. The molecule has 1 aromatic carbocycles. The quantitative estimate of drug-likeness (QED) is 0.425. The molecule has 0 saturated heterocycles. The van der Waals surface area contributed by atoms with Crippen molar-refractivity contribution >= 4 is 18.3 Å². The molecule has 1 aromatic rings. The number of nitrogens with zero attached hydrogens (tertiary/aromatic N) is 2. The van der Waals surface area contributed by atoms with Crippen molar-refractivity contribution in [3.63, 3.8) is 0 Å². The van der Waals surface area contributed by atoms with E-state index in [0.29, 0.717) is 0 Å². The molecule has 0 atom stereocenters. The zero-order valence-electron chi connectivity index (χ0n) is 6.19. The van der Waals surface area contributed by atoms with E-state index in [4.69, 9.17) is 5.26 Å². The predicted molar refractivity (Wildman–Crippen MR) is 45.0 cm³/mol. The standard InChI is InChI=1S/C7H3FN2O2S/c8-7-5(10(11)12)1-4(3-9)2-6(7)13/h1-2,13H. The lowest BCUT2D eigenvalue weighted by molar-refractivity contribution is -0.387. The van der Waals surface area contributed by atoms with Crippen molar-refractivity contribution in [3.05, 3.63) is 33.6 Å². The van der Waals surface area contributed by atoms with Crippen LogP contribution >= 0.6 is 12.6 Å². The molecule has 1 rings (SSSR count). The van der Waals surface area contributed by atoms with Crippen molar-refractivity contribution in [2.75, 3.05) is 0 Å². The Labute approximate surface area is 78.2 Å². The van der Waals surface area contributed by atoms with Crippen molar-refractivity contribution < 1.29 is 9.31 Å². The highest BCUT2D eigenvalue weighted by Gasteiger charge is 2.17. The molecule has 0 aliphatic carbocycles. The highest BCUT2D eigenvalue weighted by atomic mass is 32.1. The van der Waals surface area contributed by atoms with Crippen LogP contribution in [0, 0.1) is 27.3 Å². The summed E-state index contributed by atoms with van der Waals surface area (Å²) in [6, 6.07) is 3.67. The molecule has 6 heteroatoms. The monoisotopic (exact) mass is 198 g/mol. The minimum atomic E-state index is -1.02. The molecule has 0 unspecified atom stereocenters. The third-order valence-electron chi connectivity index (χ3n) is 1.36. The summed E-state index contributed by atoms with van der Waals surface area (Å²) >= 11 is 3.66. The van der Waals surface area contributed by atoms with Gasteiger partial charge in [-0.1, -0.05) is 0 Å². The van der Waals surface area contributed by atoms with Crippen molar-refractivity contribution in [2.45, 2.75) is 4.90 Å². The molecule has 0 N–H and O–H groups in total. The van der Waals surface area contributed by atoms with Gasteiger partial charge < -0.3 is 0 Å². The van der Waals surface area contributed by atoms with E-state index in [1.165, 1.54) is 0 Å². The molecule has 0 bridgehead atoms. The first kappa shape index (κ1) is 9.48. The van der Waals surface area contributed by atoms with Crippen LogP contribution in [0.1, 0.15) is 5.56 Å². The summed E-state index contributed by atoms with van der Waals surface area (Å²) in [6.07, 6.45) is 0. The minimum absolute atomic E-state index is 0.0121. The molecule has 4 nitrogen and oxygen atoms in total. The summed E-state index contributed by atoms with van der Waals surface area (Å²) in [7, 11) is 0. The number of hydrogen-bond donors (Lipinski definition) is 1. The Hall–Kier alpha value is -1.61. The van der Waals surface area contributed by atoms with Gasteiger partial charge >= 0.3 is 5.69 Å². The third kappa shape index (κ3) is 1.76. The van der Waals surface area contributed by atoms with Gasteiger partial charge in [0.1, 0.15) is 0 Å². The highest BCUT2D eigenvalue weighted by molar-refractivity contribution is 7.80. The van der Waals surface area contributed by atoms with Gasteiger partial charge in [0, 0.05) is 11.0 Å². The van der Waals surface area contributed by atoms with E-state index >= 15 is 0 Å². The Morgan fingerprint density at radius 2 is 2.23 bits per heavy atom. The van der Waals surface area contributed by atoms with Gasteiger partial charge in [-0.3, -0.25) is 10.1 Å². The minimum Gasteiger partial charge on any atom is -0.258 e. The molecule has 66 valence electrons. The number of halogens is 1. The van der Waals surface area contributed by atoms with Gasteiger partial charge in [0.15, 0.2) is 0 Å². The lowest BCUT2D eigenvalue weighted by Crippen LogP contribution is -1.94. The first-order valence-electron chi connectivity index (χ1n) is 3.13. The average molecular weight is 198 g/mol. The Morgan fingerprint density at radius 1 is 1.62 bits per heavy atom. The van der Waals surface area contributed by atoms with Gasteiger partial charge in [-0.05, 0) is 6.07 Å². The van der Waals surface area contributed by atoms with Gasteiger partial charge in [-0.25, -0.2) is 0 Å². The molecule has 13 heavy (non-hydrogen) atoms. The van der Waals surface area contributed by atoms with Gasteiger partial charge in [-0.2, -0.15) is 9.65 Å². The maximum absolute atomic E-state index is 12.9. The van der Waals surface area contributed by atoms with Crippen molar-refractivity contribution in [2.24, 2.45) is 0 Å². The van der Waals surface area contributed by atoms with Crippen molar-refractivity contribution in [1.29, 1.82) is 5.26 Å². The van der Waals surface area contributed by atoms with Crippen LogP contribution in [-0.4, -0.2) is 4.92 Å². The van der Waals surface area contributed by atoms with E-state index in [2.05, 4.69) is 12.6 Å². The number of nitro groups is 1. The Morgan fingerprint density at radius 3 is 2.69 bits per heavy atom.